The fourth-order valence-electron chi connectivity index (χ4n) is 2.70. The number of nitrogens with zero attached hydrogens (tertiary/aromatic N) is 1. The maximum atomic E-state index is 4.32. The smallest absolute Gasteiger partial charge is 0.191 e. The van der Waals surface area contributed by atoms with Gasteiger partial charge in [0.25, 0.3) is 0 Å². The monoisotopic (exact) mass is 441 g/mol. The van der Waals surface area contributed by atoms with Crippen LogP contribution in [0.4, 0.5) is 0 Å². The lowest BCUT2D eigenvalue weighted by atomic mass is 9.96. The van der Waals surface area contributed by atoms with Gasteiger partial charge in [0.1, 0.15) is 0 Å². The second kappa shape index (κ2) is 8.68. The van der Waals surface area contributed by atoms with Gasteiger partial charge in [-0.3, -0.25) is 4.99 Å². The Morgan fingerprint density at radius 2 is 1.91 bits per heavy atom. The van der Waals surface area contributed by atoms with Crippen LogP contribution in [0.5, 0.6) is 0 Å². The van der Waals surface area contributed by atoms with Gasteiger partial charge in [-0.05, 0) is 41.7 Å². The third-order valence-corrected chi connectivity index (χ3v) is 5.12. The van der Waals surface area contributed by atoms with E-state index in [-0.39, 0.29) is 24.0 Å². The summed E-state index contributed by atoms with van der Waals surface area (Å²) >= 11 is 1.77. The zero-order chi connectivity index (χ0) is 15.3. The van der Waals surface area contributed by atoms with Gasteiger partial charge < -0.3 is 10.6 Å². The number of guanidine groups is 1. The van der Waals surface area contributed by atoms with Crippen LogP contribution < -0.4 is 10.6 Å². The first-order valence-electron chi connectivity index (χ1n) is 7.81. The van der Waals surface area contributed by atoms with E-state index in [9.17, 15) is 0 Å². The molecular formula is C18H24IN3S. The first kappa shape index (κ1) is 18.3. The molecule has 2 aromatic rings. The van der Waals surface area contributed by atoms with Crippen molar-refractivity contribution in [3.8, 4) is 0 Å². The Morgan fingerprint density at radius 1 is 1.13 bits per heavy atom. The van der Waals surface area contributed by atoms with Gasteiger partial charge in [0.15, 0.2) is 5.96 Å². The summed E-state index contributed by atoms with van der Waals surface area (Å²) < 4.78 is 0. The summed E-state index contributed by atoms with van der Waals surface area (Å²) in [5, 5.41) is 8.99. The Balaban J connectivity index is 0.00000192. The predicted octanol–water partition coefficient (Wildman–Crippen LogP) is 4.05. The molecule has 1 aliphatic rings. The minimum absolute atomic E-state index is 0. The van der Waals surface area contributed by atoms with Gasteiger partial charge in [0.05, 0.1) is 6.54 Å². The molecule has 5 heteroatoms. The van der Waals surface area contributed by atoms with E-state index in [0.717, 1.165) is 25.5 Å². The lowest BCUT2D eigenvalue weighted by molar-refractivity contribution is 0.492. The van der Waals surface area contributed by atoms with E-state index in [1.807, 2.05) is 7.05 Å². The second-order valence-electron chi connectivity index (χ2n) is 6.02. The van der Waals surface area contributed by atoms with Crippen LogP contribution in [0, 0.1) is 5.41 Å². The van der Waals surface area contributed by atoms with Crippen LogP contribution in [0.15, 0.2) is 52.8 Å². The average Bonchev–Trinajstić information content (AvgIpc) is 3.11. The van der Waals surface area contributed by atoms with Crippen molar-refractivity contribution >= 4 is 41.3 Å². The van der Waals surface area contributed by atoms with Crippen molar-refractivity contribution in [3.63, 3.8) is 0 Å². The number of benzene rings is 1. The molecule has 0 spiro atoms. The summed E-state index contributed by atoms with van der Waals surface area (Å²) in [5.74, 6) is 0.896. The van der Waals surface area contributed by atoms with E-state index in [1.54, 1.807) is 11.3 Å². The fourth-order valence-corrected chi connectivity index (χ4v) is 3.34. The van der Waals surface area contributed by atoms with Gasteiger partial charge >= 0.3 is 0 Å². The van der Waals surface area contributed by atoms with E-state index in [2.05, 4.69) is 63.5 Å². The summed E-state index contributed by atoms with van der Waals surface area (Å²) in [6.07, 6.45) is 3.76. The summed E-state index contributed by atoms with van der Waals surface area (Å²) in [4.78, 5) is 5.65. The highest BCUT2D eigenvalue weighted by Gasteiger charge is 2.42. The average molecular weight is 441 g/mol. The van der Waals surface area contributed by atoms with Crippen molar-refractivity contribution in [2.75, 3.05) is 13.6 Å². The van der Waals surface area contributed by atoms with Gasteiger partial charge in [-0.25, -0.2) is 0 Å². The summed E-state index contributed by atoms with van der Waals surface area (Å²) in [6.45, 7) is 1.83. The third kappa shape index (κ3) is 5.49. The maximum absolute atomic E-state index is 4.32. The molecular weight excluding hydrogens is 417 g/mol. The van der Waals surface area contributed by atoms with Crippen molar-refractivity contribution in [2.45, 2.75) is 25.8 Å². The number of halogens is 1. The Labute approximate surface area is 159 Å². The number of nitrogens with one attached hydrogen (secondary N) is 2. The number of thiophene rings is 1. The summed E-state index contributed by atoms with van der Waals surface area (Å²) in [5.41, 5.74) is 1.85. The standard InChI is InChI=1S/C18H23N3S.HI/c1-19-17(20-13-16-8-5-11-22-16)21-14-18(9-10-18)12-15-6-3-2-4-7-15;/h2-8,11H,9-10,12-14H2,1H3,(H2,19,20,21);1H. The molecule has 1 fully saturated rings. The SMILES string of the molecule is CN=C(NCc1cccs1)NCC1(Cc2ccccc2)CC1.I. The molecule has 3 nitrogen and oxygen atoms in total. The first-order valence-corrected chi connectivity index (χ1v) is 8.68. The van der Waals surface area contributed by atoms with Crippen molar-refractivity contribution in [1.82, 2.24) is 10.6 Å². The molecule has 1 saturated carbocycles. The molecule has 1 aromatic heterocycles. The minimum atomic E-state index is 0. The molecule has 23 heavy (non-hydrogen) atoms. The predicted molar refractivity (Wildman–Crippen MR) is 110 cm³/mol. The van der Waals surface area contributed by atoms with Crippen LogP contribution in [0.2, 0.25) is 0 Å². The molecule has 1 heterocycles. The summed E-state index contributed by atoms with van der Waals surface area (Å²) in [7, 11) is 1.83. The van der Waals surface area contributed by atoms with Gasteiger partial charge in [-0.2, -0.15) is 0 Å². The molecule has 0 radical (unpaired) electrons. The van der Waals surface area contributed by atoms with Crippen molar-refractivity contribution in [3.05, 3.63) is 58.3 Å². The van der Waals surface area contributed by atoms with Crippen LogP contribution in [0.25, 0.3) is 0 Å². The van der Waals surface area contributed by atoms with Crippen LogP contribution in [0.3, 0.4) is 0 Å². The van der Waals surface area contributed by atoms with Crippen molar-refractivity contribution in [2.24, 2.45) is 10.4 Å². The highest BCUT2D eigenvalue weighted by Crippen LogP contribution is 2.47. The topological polar surface area (TPSA) is 36.4 Å². The molecule has 0 amide bonds. The Hall–Kier alpha value is -1.08. The number of hydrogen-bond acceptors (Lipinski definition) is 2. The third-order valence-electron chi connectivity index (χ3n) is 4.24. The quantitative estimate of drug-likeness (QED) is 0.403. The lowest BCUT2D eigenvalue weighted by Gasteiger charge is -2.18. The minimum Gasteiger partial charge on any atom is -0.356 e. The molecule has 1 aromatic carbocycles. The zero-order valence-electron chi connectivity index (χ0n) is 13.4. The molecule has 0 unspecified atom stereocenters. The molecule has 124 valence electrons. The van der Waals surface area contributed by atoms with Crippen molar-refractivity contribution < 1.29 is 0 Å². The number of rotatable bonds is 6. The summed E-state index contributed by atoms with van der Waals surface area (Å²) in [6, 6.07) is 15.0. The second-order valence-corrected chi connectivity index (χ2v) is 7.05. The molecule has 1 aliphatic carbocycles. The fraction of sp³-hybridized carbons (Fsp3) is 0.389. The van der Waals surface area contributed by atoms with E-state index >= 15 is 0 Å². The van der Waals surface area contributed by atoms with Gasteiger partial charge in [0.2, 0.25) is 0 Å². The Kier molecular flexibility index (Phi) is 6.89. The molecule has 0 bridgehead atoms. The van der Waals surface area contributed by atoms with E-state index in [0.29, 0.717) is 5.41 Å². The Morgan fingerprint density at radius 3 is 2.52 bits per heavy atom. The normalized spacial score (nSPS) is 15.6. The van der Waals surface area contributed by atoms with Crippen LogP contribution in [-0.4, -0.2) is 19.6 Å². The highest BCUT2D eigenvalue weighted by molar-refractivity contribution is 14.0. The number of aliphatic imine (C=N–C) groups is 1. The Bertz CT molecular complexity index is 606. The van der Waals surface area contributed by atoms with E-state index in [4.69, 9.17) is 0 Å². The number of hydrogen-bond donors (Lipinski definition) is 2. The van der Waals surface area contributed by atoms with Crippen LogP contribution in [0.1, 0.15) is 23.3 Å². The molecule has 0 aliphatic heterocycles. The van der Waals surface area contributed by atoms with Crippen molar-refractivity contribution in [1.29, 1.82) is 0 Å². The van der Waals surface area contributed by atoms with Gasteiger partial charge in [0, 0.05) is 18.5 Å². The molecule has 0 atom stereocenters. The molecule has 0 saturated heterocycles. The van der Waals surface area contributed by atoms with Crippen LogP contribution >= 0.6 is 35.3 Å². The van der Waals surface area contributed by atoms with Gasteiger partial charge in [-0.1, -0.05) is 36.4 Å². The van der Waals surface area contributed by atoms with Gasteiger partial charge in [-0.15, -0.1) is 35.3 Å². The zero-order valence-corrected chi connectivity index (χ0v) is 16.6. The van der Waals surface area contributed by atoms with E-state index in [1.165, 1.54) is 23.3 Å². The lowest BCUT2D eigenvalue weighted by Crippen LogP contribution is -2.40. The van der Waals surface area contributed by atoms with E-state index < -0.39 is 0 Å². The highest BCUT2D eigenvalue weighted by atomic mass is 127. The molecule has 3 rings (SSSR count). The largest absolute Gasteiger partial charge is 0.356 e. The first-order chi connectivity index (χ1) is 10.8. The molecule has 2 N–H and O–H groups in total. The van der Waals surface area contributed by atoms with Crippen LogP contribution in [-0.2, 0) is 13.0 Å². The maximum Gasteiger partial charge on any atom is 0.191 e.